The van der Waals surface area contributed by atoms with Gasteiger partial charge in [-0.2, -0.15) is 4.31 Å². The zero-order valence-electron chi connectivity index (χ0n) is 12.4. The van der Waals surface area contributed by atoms with Crippen LogP contribution < -0.4 is 0 Å². The van der Waals surface area contributed by atoms with Crippen LogP contribution in [0.25, 0.3) is 0 Å². The Balaban J connectivity index is 2.43. The molecule has 0 aliphatic rings. The summed E-state index contributed by atoms with van der Waals surface area (Å²) in [6.07, 6.45) is 0. The fourth-order valence-electron chi connectivity index (χ4n) is 2.06. The molecule has 2 aromatic rings. The Morgan fingerprint density at radius 2 is 1.70 bits per heavy atom. The van der Waals surface area contributed by atoms with Crippen LogP contribution in [-0.4, -0.2) is 29.8 Å². The van der Waals surface area contributed by atoms with Crippen LogP contribution in [0, 0.1) is 5.82 Å². The molecule has 122 valence electrons. The lowest BCUT2D eigenvalue weighted by atomic mass is 10.2. The molecule has 0 aromatic heterocycles. The topological polar surface area (TPSA) is 74.7 Å². The molecule has 0 heterocycles. The molecule has 5 nitrogen and oxygen atoms in total. The molecule has 0 aliphatic carbocycles. The zero-order valence-corrected chi connectivity index (χ0v) is 13.2. The standard InChI is InChI=1S/C16H16FNO4S/c1-12(16(19)20)18(11-13-5-3-2-4-6-13)23(21,22)15-9-7-14(17)8-10-15/h2-10,12H,11H2,1H3,(H,19,20). The van der Waals surface area contributed by atoms with E-state index in [0.717, 1.165) is 28.6 Å². The lowest BCUT2D eigenvalue weighted by molar-refractivity contribution is -0.141. The third kappa shape index (κ3) is 3.94. The molecule has 0 fully saturated rings. The molecule has 0 spiro atoms. The van der Waals surface area contributed by atoms with Crippen molar-refractivity contribution in [2.75, 3.05) is 0 Å². The summed E-state index contributed by atoms with van der Waals surface area (Å²) >= 11 is 0. The number of halogens is 1. The molecule has 2 aromatic carbocycles. The van der Waals surface area contributed by atoms with Crippen LogP contribution in [0.4, 0.5) is 4.39 Å². The molecule has 1 N–H and O–H groups in total. The first kappa shape index (κ1) is 17.1. The van der Waals surface area contributed by atoms with Crippen LogP contribution in [0.15, 0.2) is 59.5 Å². The minimum Gasteiger partial charge on any atom is -0.480 e. The Kier molecular flexibility index (Phi) is 5.12. The molecular weight excluding hydrogens is 321 g/mol. The van der Waals surface area contributed by atoms with Crippen LogP contribution in [0.3, 0.4) is 0 Å². The highest BCUT2D eigenvalue weighted by atomic mass is 32.2. The summed E-state index contributed by atoms with van der Waals surface area (Å²) in [6.45, 7) is 1.21. The monoisotopic (exact) mass is 337 g/mol. The number of carbonyl (C=O) groups is 1. The number of aliphatic carboxylic acids is 1. The first-order chi connectivity index (χ1) is 10.8. The molecule has 0 aliphatic heterocycles. The van der Waals surface area contributed by atoms with Gasteiger partial charge in [-0.25, -0.2) is 12.8 Å². The number of hydrogen-bond donors (Lipinski definition) is 1. The van der Waals surface area contributed by atoms with Gasteiger partial charge in [-0.05, 0) is 36.8 Å². The number of sulfonamides is 1. The van der Waals surface area contributed by atoms with Gasteiger partial charge in [0.15, 0.2) is 0 Å². The molecule has 0 bridgehead atoms. The van der Waals surface area contributed by atoms with Crippen LogP contribution in [0.1, 0.15) is 12.5 Å². The number of carboxylic acids is 1. The Labute approximate surface area is 134 Å². The van der Waals surface area contributed by atoms with E-state index in [4.69, 9.17) is 0 Å². The van der Waals surface area contributed by atoms with E-state index in [1.165, 1.54) is 6.92 Å². The van der Waals surface area contributed by atoms with Crippen LogP contribution in [0.2, 0.25) is 0 Å². The van der Waals surface area contributed by atoms with Crippen molar-refractivity contribution in [2.45, 2.75) is 24.4 Å². The highest BCUT2D eigenvalue weighted by molar-refractivity contribution is 7.89. The predicted molar refractivity (Wildman–Crippen MR) is 82.7 cm³/mol. The van der Waals surface area contributed by atoms with Crippen molar-refractivity contribution in [2.24, 2.45) is 0 Å². The number of rotatable bonds is 6. The maximum atomic E-state index is 13.0. The first-order valence-corrected chi connectivity index (χ1v) is 8.30. The van der Waals surface area contributed by atoms with E-state index in [1.807, 2.05) is 0 Å². The second kappa shape index (κ2) is 6.89. The zero-order chi connectivity index (χ0) is 17.0. The molecule has 0 saturated carbocycles. The first-order valence-electron chi connectivity index (χ1n) is 6.86. The fraction of sp³-hybridized carbons (Fsp3) is 0.188. The SMILES string of the molecule is CC(C(=O)O)N(Cc1ccccc1)S(=O)(=O)c1ccc(F)cc1. The van der Waals surface area contributed by atoms with Gasteiger partial charge >= 0.3 is 5.97 Å². The van der Waals surface area contributed by atoms with Crippen molar-refractivity contribution in [3.63, 3.8) is 0 Å². The van der Waals surface area contributed by atoms with Gasteiger partial charge in [0, 0.05) is 6.54 Å². The Morgan fingerprint density at radius 1 is 1.13 bits per heavy atom. The molecule has 7 heteroatoms. The van der Waals surface area contributed by atoms with Gasteiger partial charge in [-0.3, -0.25) is 4.79 Å². The third-order valence-electron chi connectivity index (χ3n) is 3.39. The summed E-state index contributed by atoms with van der Waals surface area (Å²) in [5.74, 6) is -1.82. The number of benzene rings is 2. The summed E-state index contributed by atoms with van der Waals surface area (Å²) in [5.41, 5.74) is 0.659. The molecule has 0 saturated heterocycles. The van der Waals surface area contributed by atoms with Gasteiger partial charge in [0.1, 0.15) is 11.9 Å². The lowest BCUT2D eigenvalue weighted by Gasteiger charge is -2.25. The highest BCUT2D eigenvalue weighted by Crippen LogP contribution is 2.21. The smallest absolute Gasteiger partial charge is 0.321 e. The molecule has 1 unspecified atom stereocenters. The van der Waals surface area contributed by atoms with Crippen molar-refractivity contribution in [3.8, 4) is 0 Å². The average molecular weight is 337 g/mol. The van der Waals surface area contributed by atoms with Crippen LogP contribution >= 0.6 is 0 Å². The summed E-state index contributed by atoms with van der Waals surface area (Å²) in [4.78, 5) is 11.1. The van der Waals surface area contributed by atoms with Crippen molar-refractivity contribution in [1.82, 2.24) is 4.31 Å². The number of hydrogen-bond acceptors (Lipinski definition) is 3. The number of carboxylic acid groups (broad SMARTS) is 1. The van der Waals surface area contributed by atoms with Crippen LogP contribution in [-0.2, 0) is 21.4 Å². The summed E-state index contributed by atoms with van der Waals surface area (Å²) in [7, 11) is -4.07. The largest absolute Gasteiger partial charge is 0.480 e. The Hall–Kier alpha value is -2.25. The third-order valence-corrected chi connectivity index (χ3v) is 5.32. The van der Waals surface area contributed by atoms with E-state index in [2.05, 4.69) is 0 Å². The number of nitrogens with zero attached hydrogens (tertiary/aromatic N) is 1. The van der Waals surface area contributed by atoms with Crippen LogP contribution in [0.5, 0.6) is 0 Å². The van der Waals surface area contributed by atoms with Gasteiger partial charge in [0.2, 0.25) is 10.0 Å². The highest BCUT2D eigenvalue weighted by Gasteiger charge is 2.33. The maximum absolute atomic E-state index is 13.0. The minimum absolute atomic E-state index is 0.0893. The van der Waals surface area contributed by atoms with Crippen molar-refractivity contribution in [1.29, 1.82) is 0 Å². The Morgan fingerprint density at radius 3 is 2.22 bits per heavy atom. The van der Waals surface area contributed by atoms with Gasteiger partial charge in [0.25, 0.3) is 0 Å². The van der Waals surface area contributed by atoms with Gasteiger partial charge < -0.3 is 5.11 Å². The summed E-state index contributed by atoms with van der Waals surface area (Å²) in [5, 5.41) is 9.22. The molecule has 0 radical (unpaired) electrons. The lowest BCUT2D eigenvalue weighted by Crippen LogP contribution is -2.42. The van der Waals surface area contributed by atoms with Crippen molar-refractivity contribution >= 4 is 16.0 Å². The molecule has 1 atom stereocenters. The van der Waals surface area contributed by atoms with Crippen molar-refractivity contribution < 1.29 is 22.7 Å². The predicted octanol–water partition coefficient (Wildman–Crippen LogP) is 2.49. The van der Waals surface area contributed by atoms with Gasteiger partial charge in [-0.15, -0.1) is 0 Å². The Bertz CT molecular complexity index is 775. The van der Waals surface area contributed by atoms with E-state index in [0.29, 0.717) is 5.56 Å². The second-order valence-corrected chi connectivity index (χ2v) is 6.89. The minimum atomic E-state index is -4.07. The summed E-state index contributed by atoms with van der Waals surface area (Å²) < 4.78 is 39.4. The van der Waals surface area contributed by atoms with E-state index in [-0.39, 0.29) is 11.4 Å². The van der Waals surface area contributed by atoms with Gasteiger partial charge in [0.05, 0.1) is 4.90 Å². The second-order valence-electron chi connectivity index (χ2n) is 5.00. The van der Waals surface area contributed by atoms with E-state index >= 15 is 0 Å². The van der Waals surface area contributed by atoms with Gasteiger partial charge in [-0.1, -0.05) is 30.3 Å². The quantitative estimate of drug-likeness (QED) is 0.879. The summed E-state index contributed by atoms with van der Waals surface area (Å²) in [6, 6.07) is 11.7. The van der Waals surface area contributed by atoms with Crippen molar-refractivity contribution in [3.05, 3.63) is 66.0 Å². The molecule has 2 rings (SSSR count). The molecule has 0 amide bonds. The molecular formula is C16H16FNO4S. The average Bonchev–Trinajstić information content (AvgIpc) is 2.53. The fourth-order valence-corrected chi connectivity index (χ4v) is 3.63. The van der Waals surface area contributed by atoms with E-state index < -0.39 is 27.9 Å². The maximum Gasteiger partial charge on any atom is 0.321 e. The normalized spacial score (nSPS) is 13.0. The van der Waals surface area contributed by atoms with E-state index in [9.17, 15) is 22.7 Å². The van der Waals surface area contributed by atoms with E-state index in [1.54, 1.807) is 30.3 Å². The molecule has 23 heavy (non-hydrogen) atoms.